The molecule has 0 N–H and O–H groups in total. The quantitative estimate of drug-likeness (QED) is 0.648. The van der Waals surface area contributed by atoms with Crippen LogP contribution in [-0.4, -0.2) is 63.6 Å². The van der Waals surface area contributed by atoms with Gasteiger partial charge in [0, 0.05) is 37.3 Å². The van der Waals surface area contributed by atoms with E-state index < -0.39 is 0 Å². The number of nitrogens with zero attached hydrogens (tertiary/aromatic N) is 6. The number of aryl methyl sites for hydroxylation is 2. The average Bonchev–Trinajstić information content (AvgIpc) is 3.28. The number of amides is 1. The Balaban J connectivity index is 1.40. The van der Waals surface area contributed by atoms with E-state index in [4.69, 9.17) is 9.72 Å². The first-order valence-electron chi connectivity index (χ1n) is 10.6. The van der Waals surface area contributed by atoms with Crippen LogP contribution in [0.2, 0.25) is 0 Å². The number of hydrogen-bond donors (Lipinski definition) is 0. The van der Waals surface area contributed by atoms with Gasteiger partial charge < -0.3 is 14.5 Å². The molecule has 160 valence electrons. The number of rotatable bonds is 4. The number of methoxy groups -OCH3 is 1. The number of ether oxygens (including phenoxy) is 1. The number of carbonyl (C=O) groups is 1. The number of carbonyl (C=O) groups excluding carboxylic acids is 1. The summed E-state index contributed by atoms with van der Waals surface area (Å²) in [7, 11) is 1.61. The number of piperidine rings is 1. The third kappa shape index (κ3) is 3.52. The predicted octanol–water partition coefficient (Wildman–Crippen LogP) is 2.64. The highest BCUT2D eigenvalue weighted by molar-refractivity contribution is 5.98. The van der Waals surface area contributed by atoms with E-state index >= 15 is 0 Å². The standard InChI is InChI=1S/C23H26N6O2/c1-15-10-16(2)26-22(11-15)28-13-17-6-9-27(14-21(17)28)23(30)19-5-4-18(31-3)12-20(19)29-24-7-8-25-29/h4-5,7-8,10-12,17,21H,6,9,13-14H2,1-3H3/t17-,21-/m0/s1. The van der Waals surface area contributed by atoms with Gasteiger partial charge in [-0.15, -0.1) is 0 Å². The fourth-order valence-corrected chi connectivity index (χ4v) is 4.71. The summed E-state index contributed by atoms with van der Waals surface area (Å²) in [5, 5.41) is 8.44. The van der Waals surface area contributed by atoms with Crippen LogP contribution < -0.4 is 9.64 Å². The lowest BCUT2D eigenvalue weighted by atomic mass is 9.82. The van der Waals surface area contributed by atoms with Gasteiger partial charge in [-0.1, -0.05) is 0 Å². The van der Waals surface area contributed by atoms with Gasteiger partial charge >= 0.3 is 0 Å². The van der Waals surface area contributed by atoms with Crippen LogP contribution in [0.15, 0.2) is 42.7 Å². The van der Waals surface area contributed by atoms with Gasteiger partial charge in [-0.05, 0) is 50.1 Å². The predicted molar refractivity (Wildman–Crippen MR) is 117 cm³/mol. The minimum Gasteiger partial charge on any atom is -0.497 e. The lowest BCUT2D eigenvalue weighted by molar-refractivity contribution is 0.0590. The van der Waals surface area contributed by atoms with Crippen LogP contribution in [0.25, 0.3) is 5.69 Å². The lowest BCUT2D eigenvalue weighted by Crippen LogP contribution is -2.65. The zero-order valence-corrected chi connectivity index (χ0v) is 18.0. The van der Waals surface area contributed by atoms with Gasteiger partial charge in [0.1, 0.15) is 17.3 Å². The van der Waals surface area contributed by atoms with E-state index in [2.05, 4.69) is 34.2 Å². The molecule has 5 rings (SSSR count). The minimum atomic E-state index is -0.00589. The van der Waals surface area contributed by atoms with Gasteiger partial charge in [0.15, 0.2) is 0 Å². The maximum atomic E-state index is 13.5. The van der Waals surface area contributed by atoms with Crippen molar-refractivity contribution in [3.8, 4) is 11.4 Å². The molecule has 2 aliphatic heterocycles. The second-order valence-electron chi connectivity index (χ2n) is 8.37. The number of likely N-dealkylation sites (tertiary alicyclic amines) is 1. The molecule has 3 aromatic rings. The Kier molecular flexibility index (Phi) is 4.84. The molecule has 4 heterocycles. The second kappa shape index (κ2) is 7.68. The van der Waals surface area contributed by atoms with Gasteiger partial charge in [-0.3, -0.25) is 4.79 Å². The molecule has 0 spiro atoms. The molecule has 0 unspecified atom stereocenters. The van der Waals surface area contributed by atoms with Gasteiger partial charge in [0.2, 0.25) is 0 Å². The van der Waals surface area contributed by atoms with Crippen LogP contribution >= 0.6 is 0 Å². The highest BCUT2D eigenvalue weighted by Crippen LogP contribution is 2.36. The molecule has 2 fully saturated rings. The highest BCUT2D eigenvalue weighted by atomic mass is 16.5. The maximum absolute atomic E-state index is 13.5. The zero-order valence-electron chi connectivity index (χ0n) is 18.0. The molecule has 0 radical (unpaired) electrons. The van der Waals surface area contributed by atoms with E-state index in [-0.39, 0.29) is 5.91 Å². The molecule has 2 aromatic heterocycles. The molecule has 8 heteroatoms. The van der Waals surface area contributed by atoms with Gasteiger partial charge in [0.25, 0.3) is 5.91 Å². The minimum absolute atomic E-state index is 0.00589. The second-order valence-corrected chi connectivity index (χ2v) is 8.37. The summed E-state index contributed by atoms with van der Waals surface area (Å²) in [5.74, 6) is 2.27. The topological polar surface area (TPSA) is 76.4 Å². The lowest BCUT2D eigenvalue weighted by Gasteiger charge is -2.54. The number of fused-ring (bicyclic) bond motifs is 1. The summed E-state index contributed by atoms with van der Waals surface area (Å²) in [6.07, 6.45) is 4.20. The summed E-state index contributed by atoms with van der Waals surface area (Å²) in [5.41, 5.74) is 3.44. The van der Waals surface area contributed by atoms with Crippen molar-refractivity contribution >= 4 is 11.7 Å². The van der Waals surface area contributed by atoms with Gasteiger partial charge in [-0.25, -0.2) is 4.98 Å². The first-order chi connectivity index (χ1) is 15.0. The maximum Gasteiger partial charge on any atom is 0.256 e. The van der Waals surface area contributed by atoms with Gasteiger partial charge in [-0.2, -0.15) is 15.0 Å². The Bertz CT molecular complexity index is 1090. The van der Waals surface area contributed by atoms with E-state index in [1.807, 2.05) is 17.9 Å². The molecule has 0 aliphatic carbocycles. The van der Waals surface area contributed by atoms with E-state index in [0.717, 1.165) is 31.0 Å². The van der Waals surface area contributed by atoms with Gasteiger partial charge in [0.05, 0.1) is 31.1 Å². The molecule has 2 saturated heterocycles. The Morgan fingerprint density at radius 1 is 1.10 bits per heavy atom. The first kappa shape index (κ1) is 19.5. The molecule has 31 heavy (non-hydrogen) atoms. The van der Waals surface area contributed by atoms with Crippen LogP contribution in [0.4, 0.5) is 5.82 Å². The Hall–Kier alpha value is -3.42. The summed E-state index contributed by atoms with van der Waals surface area (Å²) < 4.78 is 5.35. The van der Waals surface area contributed by atoms with E-state index in [0.29, 0.717) is 35.5 Å². The van der Waals surface area contributed by atoms with Crippen molar-refractivity contribution in [1.29, 1.82) is 0 Å². The van der Waals surface area contributed by atoms with Crippen LogP contribution in [0.3, 0.4) is 0 Å². The summed E-state index contributed by atoms with van der Waals surface area (Å²) in [6, 6.07) is 9.93. The van der Waals surface area contributed by atoms with Crippen molar-refractivity contribution in [3.05, 3.63) is 59.5 Å². The number of anilines is 1. The van der Waals surface area contributed by atoms with Crippen molar-refractivity contribution < 1.29 is 9.53 Å². The van der Waals surface area contributed by atoms with E-state index in [1.54, 1.807) is 31.6 Å². The summed E-state index contributed by atoms with van der Waals surface area (Å²) in [4.78, 5) is 24.0. The molecule has 1 aromatic carbocycles. The normalized spacial score (nSPS) is 20.2. The third-order valence-corrected chi connectivity index (χ3v) is 6.29. The van der Waals surface area contributed by atoms with Crippen LogP contribution in [0.1, 0.15) is 28.0 Å². The van der Waals surface area contributed by atoms with Crippen molar-refractivity contribution in [3.63, 3.8) is 0 Å². The Morgan fingerprint density at radius 2 is 1.90 bits per heavy atom. The molecule has 0 saturated carbocycles. The zero-order chi connectivity index (χ0) is 21.5. The van der Waals surface area contributed by atoms with Crippen molar-refractivity contribution in [2.75, 3.05) is 31.6 Å². The molecule has 8 nitrogen and oxygen atoms in total. The summed E-state index contributed by atoms with van der Waals surface area (Å²) >= 11 is 0. The molecular weight excluding hydrogens is 392 g/mol. The molecular formula is C23H26N6O2. The monoisotopic (exact) mass is 418 g/mol. The number of hydrogen-bond acceptors (Lipinski definition) is 6. The molecule has 1 amide bonds. The van der Waals surface area contributed by atoms with Crippen LogP contribution in [0, 0.1) is 19.8 Å². The fraction of sp³-hybridized carbons (Fsp3) is 0.391. The largest absolute Gasteiger partial charge is 0.497 e. The molecule has 0 bridgehead atoms. The Labute approximate surface area is 181 Å². The smallest absolute Gasteiger partial charge is 0.256 e. The van der Waals surface area contributed by atoms with Crippen molar-refractivity contribution in [1.82, 2.24) is 24.9 Å². The Morgan fingerprint density at radius 3 is 2.65 bits per heavy atom. The molecule has 2 aliphatic rings. The van der Waals surface area contributed by atoms with Crippen molar-refractivity contribution in [2.45, 2.75) is 26.3 Å². The number of aromatic nitrogens is 4. The SMILES string of the molecule is COc1ccc(C(=O)N2CC[C@H]3CN(c4cc(C)cc(C)n4)[C@H]3C2)c(-n2nccn2)c1. The van der Waals surface area contributed by atoms with E-state index in [1.165, 1.54) is 10.4 Å². The summed E-state index contributed by atoms with van der Waals surface area (Å²) in [6.45, 7) is 6.58. The third-order valence-electron chi connectivity index (χ3n) is 6.29. The van der Waals surface area contributed by atoms with E-state index in [9.17, 15) is 4.79 Å². The van der Waals surface area contributed by atoms with Crippen LogP contribution in [0.5, 0.6) is 5.75 Å². The van der Waals surface area contributed by atoms with Crippen molar-refractivity contribution in [2.24, 2.45) is 5.92 Å². The average molecular weight is 419 g/mol. The first-order valence-corrected chi connectivity index (χ1v) is 10.6. The van der Waals surface area contributed by atoms with Crippen LogP contribution in [-0.2, 0) is 0 Å². The fourth-order valence-electron chi connectivity index (χ4n) is 4.71. The molecule has 2 atom stereocenters. The number of pyridine rings is 1. The number of benzene rings is 1. The highest BCUT2D eigenvalue weighted by Gasteiger charge is 2.44.